The van der Waals surface area contributed by atoms with Gasteiger partial charge in [0.2, 0.25) is 0 Å². The number of hydrogen-bond donors (Lipinski definition) is 2. The number of amides is 1. The van der Waals surface area contributed by atoms with Gasteiger partial charge in [-0.25, -0.2) is 4.79 Å². The zero-order valence-corrected chi connectivity index (χ0v) is 8.67. The summed E-state index contributed by atoms with van der Waals surface area (Å²) in [5.41, 5.74) is 0. The van der Waals surface area contributed by atoms with Gasteiger partial charge in [0.05, 0.1) is 0 Å². The molecule has 0 unspecified atom stereocenters. The summed E-state index contributed by atoms with van der Waals surface area (Å²) in [6.07, 6.45) is 0.496. The minimum atomic E-state index is -0.886. The Kier molecular flexibility index (Phi) is 3.04. The van der Waals surface area contributed by atoms with E-state index in [1.54, 1.807) is 0 Å². The molecule has 0 atom stereocenters. The topological polar surface area (TPSA) is 99.7 Å². The third-order valence-corrected chi connectivity index (χ3v) is 2.75. The molecule has 1 fully saturated rings. The minimum Gasteiger partial charge on any atom is -0.465 e. The first-order valence-electron chi connectivity index (χ1n) is 5.12. The standard InChI is InChI=1S/C9H13N3O4/c13-5-7-10-8(11-16-7)6-1-3-12(4-2-6)9(14)15/h6,13H,1-5H2,(H,14,15). The highest BCUT2D eigenvalue weighted by Crippen LogP contribution is 2.25. The monoisotopic (exact) mass is 227 g/mol. The van der Waals surface area contributed by atoms with E-state index in [-0.39, 0.29) is 18.4 Å². The Labute approximate surface area is 91.7 Å². The van der Waals surface area contributed by atoms with E-state index in [0.717, 1.165) is 0 Å². The molecule has 7 heteroatoms. The molecule has 1 aliphatic rings. The summed E-state index contributed by atoms with van der Waals surface area (Å²) in [6, 6.07) is 0. The summed E-state index contributed by atoms with van der Waals surface area (Å²) in [5.74, 6) is 0.893. The molecule has 16 heavy (non-hydrogen) atoms. The molecule has 1 saturated heterocycles. The summed E-state index contributed by atoms with van der Waals surface area (Å²) in [7, 11) is 0. The van der Waals surface area contributed by atoms with Crippen molar-refractivity contribution in [2.45, 2.75) is 25.4 Å². The van der Waals surface area contributed by atoms with Crippen LogP contribution in [0.25, 0.3) is 0 Å². The van der Waals surface area contributed by atoms with Crippen LogP contribution in [-0.4, -0.2) is 44.4 Å². The number of nitrogens with zero attached hydrogens (tertiary/aromatic N) is 3. The fourth-order valence-electron chi connectivity index (χ4n) is 1.83. The number of piperidine rings is 1. The molecule has 1 aliphatic heterocycles. The van der Waals surface area contributed by atoms with Gasteiger partial charge in [0, 0.05) is 19.0 Å². The molecule has 2 rings (SSSR count). The van der Waals surface area contributed by atoms with Crippen LogP contribution in [0.4, 0.5) is 4.79 Å². The van der Waals surface area contributed by atoms with Crippen LogP contribution in [0, 0.1) is 0 Å². The fourth-order valence-corrected chi connectivity index (χ4v) is 1.83. The van der Waals surface area contributed by atoms with Gasteiger partial charge in [0.1, 0.15) is 6.61 Å². The highest BCUT2D eigenvalue weighted by atomic mass is 16.5. The lowest BCUT2D eigenvalue weighted by Crippen LogP contribution is -2.37. The average molecular weight is 227 g/mol. The van der Waals surface area contributed by atoms with Gasteiger partial charge in [0.25, 0.3) is 5.89 Å². The maximum Gasteiger partial charge on any atom is 0.407 e. The maximum absolute atomic E-state index is 10.7. The van der Waals surface area contributed by atoms with Crippen LogP contribution in [0.2, 0.25) is 0 Å². The summed E-state index contributed by atoms with van der Waals surface area (Å²) >= 11 is 0. The van der Waals surface area contributed by atoms with Crippen molar-refractivity contribution < 1.29 is 19.5 Å². The molecule has 1 aromatic heterocycles. The van der Waals surface area contributed by atoms with Crippen molar-refractivity contribution in [3.8, 4) is 0 Å². The van der Waals surface area contributed by atoms with E-state index in [2.05, 4.69) is 10.1 Å². The van der Waals surface area contributed by atoms with Gasteiger partial charge in [-0.1, -0.05) is 5.16 Å². The van der Waals surface area contributed by atoms with E-state index < -0.39 is 6.09 Å². The number of rotatable bonds is 2. The van der Waals surface area contributed by atoms with E-state index in [1.807, 2.05) is 0 Å². The molecule has 88 valence electrons. The second-order valence-electron chi connectivity index (χ2n) is 3.75. The van der Waals surface area contributed by atoms with Crippen LogP contribution in [0.5, 0.6) is 0 Å². The molecule has 0 aromatic carbocycles. The van der Waals surface area contributed by atoms with Crippen molar-refractivity contribution in [2.24, 2.45) is 0 Å². The van der Waals surface area contributed by atoms with E-state index in [0.29, 0.717) is 31.8 Å². The smallest absolute Gasteiger partial charge is 0.407 e. The molecular weight excluding hydrogens is 214 g/mol. The predicted molar refractivity (Wildman–Crippen MR) is 51.8 cm³/mol. The normalized spacial score (nSPS) is 17.7. The summed E-state index contributed by atoms with van der Waals surface area (Å²) in [6.45, 7) is 0.715. The average Bonchev–Trinajstić information content (AvgIpc) is 2.77. The lowest BCUT2D eigenvalue weighted by Gasteiger charge is -2.28. The minimum absolute atomic E-state index is 0.125. The number of aliphatic hydroxyl groups is 1. The molecule has 7 nitrogen and oxygen atoms in total. The molecule has 0 bridgehead atoms. The third kappa shape index (κ3) is 2.13. The first kappa shape index (κ1) is 10.9. The van der Waals surface area contributed by atoms with Crippen LogP contribution in [0.15, 0.2) is 4.52 Å². The number of carbonyl (C=O) groups is 1. The lowest BCUT2D eigenvalue weighted by molar-refractivity contribution is 0.131. The molecule has 1 amide bonds. The van der Waals surface area contributed by atoms with Crippen molar-refractivity contribution in [1.82, 2.24) is 15.0 Å². The van der Waals surface area contributed by atoms with Crippen LogP contribution in [0.1, 0.15) is 30.5 Å². The SMILES string of the molecule is O=C(O)N1CCC(c2noc(CO)n2)CC1. The van der Waals surface area contributed by atoms with E-state index >= 15 is 0 Å². The Morgan fingerprint density at radius 3 is 2.69 bits per heavy atom. The Bertz CT molecular complexity index is 371. The quantitative estimate of drug-likeness (QED) is 0.759. The molecule has 2 heterocycles. The molecule has 0 saturated carbocycles. The third-order valence-electron chi connectivity index (χ3n) is 2.75. The molecule has 2 N–H and O–H groups in total. The van der Waals surface area contributed by atoms with Gasteiger partial charge in [-0.15, -0.1) is 0 Å². The highest BCUT2D eigenvalue weighted by molar-refractivity contribution is 5.65. The summed E-state index contributed by atoms with van der Waals surface area (Å²) in [4.78, 5) is 16.1. The van der Waals surface area contributed by atoms with Gasteiger partial charge in [0.15, 0.2) is 5.82 Å². The van der Waals surface area contributed by atoms with Gasteiger partial charge in [-0.3, -0.25) is 0 Å². The number of likely N-dealkylation sites (tertiary alicyclic amines) is 1. The molecule has 1 aromatic rings. The van der Waals surface area contributed by atoms with Crippen molar-refractivity contribution in [3.05, 3.63) is 11.7 Å². The van der Waals surface area contributed by atoms with E-state index in [1.165, 1.54) is 4.90 Å². The number of aromatic nitrogens is 2. The van der Waals surface area contributed by atoms with Crippen molar-refractivity contribution in [2.75, 3.05) is 13.1 Å². The van der Waals surface area contributed by atoms with Gasteiger partial charge < -0.3 is 19.6 Å². The molecule has 0 radical (unpaired) electrons. The second kappa shape index (κ2) is 4.48. The van der Waals surface area contributed by atoms with Crippen LogP contribution >= 0.6 is 0 Å². The first-order chi connectivity index (χ1) is 7.70. The summed E-state index contributed by atoms with van der Waals surface area (Å²) in [5, 5.41) is 21.3. The van der Waals surface area contributed by atoms with E-state index in [9.17, 15) is 4.79 Å². The zero-order valence-electron chi connectivity index (χ0n) is 8.67. The molecular formula is C9H13N3O4. The van der Waals surface area contributed by atoms with Gasteiger partial charge in [-0.2, -0.15) is 4.98 Å². The zero-order chi connectivity index (χ0) is 11.5. The van der Waals surface area contributed by atoms with Crippen LogP contribution in [-0.2, 0) is 6.61 Å². The Hall–Kier alpha value is -1.63. The second-order valence-corrected chi connectivity index (χ2v) is 3.75. The molecule has 0 spiro atoms. The van der Waals surface area contributed by atoms with Gasteiger partial charge in [-0.05, 0) is 12.8 Å². The first-order valence-corrected chi connectivity index (χ1v) is 5.12. The number of aliphatic hydroxyl groups excluding tert-OH is 1. The van der Waals surface area contributed by atoms with Crippen LogP contribution < -0.4 is 0 Å². The number of hydrogen-bond acceptors (Lipinski definition) is 5. The summed E-state index contributed by atoms with van der Waals surface area (Å²) < 4.78 is 4.80. The molecule has 0 aliphatic carbocycles. The Balaban J connectivity index is 1.96. The van der Waals surface area contributed by atoms with Gasteiger partial charge >= 0.3 is 6.09 Å². The Morgan fingerprint density at radius 2 is 2.19 bits per heavy atom. The van der Waals surface area contributed by atoms with Crippen molar-refractivity contribution in [3.63, 3.8) is 0 Å². The van der Waals surface area contributed by atoms with Crippen LogP contribution in [0.3, 0.4) is 0 Å². The number of carboxylic acid groups (broad SMARTS) is 1. The maximum atomic E-state index is 10.7. The fraction of sp³-hybridized carbons (Fsp3) is 0.667. The van der Waals surface area contributed by atoms with Crippen molar-refractivity contribution >= 4 is 6.09 Å². The van der Waals surface area contributed by atoms with Crippen molar-refractivity contribution in [1.29, 1.82) is 0 Å². The predicted octanol–water partition coefficient (Wildman–Crippen LogP) is 0.419. The largest absolute Gasteiger partial charge is 0.465 e. The van der Waals surface area contributed by atoms with E-state index in [4.69, 9.17) is 14.7 Å². The lowest BCUT2D eigenvalue weighted by atomic mass is 9.96. The Morgan fingerprint density at radius 1 is 1.50 bits per heavy atom. The highest BCUT2D eigenvalue weighted by Gasteiger charge is 2.26.